The van der Waals surface area contributed by atoms with E-state index in [1.54, 1.807) is 31.5 Å². The number of halogens is 2. The molecule has 0 aliphatic carbocycles. The number of pyridine rings is 1. The maximum absolute atomic E-state index is 13.1. The average Bonchev–Trinajstić information content (AvgIpc) is 2.39. The van der Waals surface area contributed by atoms with E-state index >= 15 is 0 Å². The van der Waals surface area contributed by atoms with Crippen molar-refractivity contribution in [2.75, 3.05) is 12.4 Å². The SMILES string of the molecule is COc1ccc(Cl)cc1NC(C)c1cncc(F)c1. The van der Waals surface area contributed by atoms with Crippen LogP contribution in [0.5, 0.6) is 5.75 Å². The Morgan fingerprint density at radius 3 is 2.79 bits per heavy atom. The highest BCUT2D eigenvalue weighted by Gasteiger charge is 2.10. The van der Waals surface area contributed by atoms with E-state index in [9.17, 15) is 4.39 Å². The van der Waals surface area contributed by atoms with Crippen LogP contribution in [-0.4, -0.2) is 12.1 Å². The van der Waals surface area contributed by atoms with E-state index in [1.807, 2.05) is 6.92 Å². The molecule has 1 heterocycles. The third-order valence-corrected chi connectivity index (χ3v) is 2.99. The first-order valence-electron chi connectivity index (χ1n) is 5.80. The van der Waals surface area contributed by atoms with Crippen LogP contribution in [0.4, 0.5) is 10.1 Å². The first kappa shape index (κ1) is 13.6. The van der Waals surface area contributed by atoms with Gasteiger partial charge in [0.25, 0.3) is 0 Å². The van der Waals surface area contributed by atoms with Gasteiger partial charge < -0.3 is 10.1 Å². The van der Waals surface area contributed by atoms with E-state index in [-0.39, 0.29) is 11.9 Å². The first-order chi connectivity index (χ1) is 9.10. The summed E-state index contributed by atoms with van der Waals surface area (Å²) in [5, 5.41) is 3.83. The number of hydrogen-bond donors (Lipinski definition) is 1. The molecule has 100 valence electrons. The van der Waals surface area contributed by atoms with Gasteiger partial charge in [0, 0.05) is 11.2 Å². The van der Waals surface area contributed by atoms with Gasteiger partial charge in [-0.25, -0.2) is 4.39 Å². The summed E-state index contributed by atoms with van der Waals surface area (Å²) in [4.78, 5) is 3.83. The van der Waals surface area contributed by atoms with Gasteiger partial charge in [-0.1, -0.05) is 11.6 Å². The normalized spacial score (nSPS) is 12.0. The number of ether oxygens (including phenoxy) is 1. The highest BCUT2D eigenvalue weighted by molar-refractivity contribution is 6.30. The Hall–Kier alpha value is -1.81. The van der Waals surface area contributed by atoms with Gasteiger partial charge in [-0.2, -0.15) is 0 Å². The predicted octanol–water partition coefficient (Wildman–Crippen LogP) is 4.06. The molecule has 0 bridgehead atoms. The predicted molar refractivity (Wildman–Crippen MR) is 74.2 cm³/mol. The minimum absolute atomic E-state index is 0.115. The Morgan fingerprint density at radius 2 is 2.11 bits per heavy atom. The van der Waals surface area contributed by atoms with Crippen LogP contribution in [-0.2, 0) is 0 Å². The van der Waals surface area contributed by atoms with Crippen LogP contribution in [0.1, 0.15) is 18.5 Å². The number of nitrogens with one attached hydrogen (secondary N) is 1. The number of anilines is 1. The smallest absolute Gasteiger partial charge is 0.142 e. The van der Waals surface area contributed by atoms with Crippen molar-refractivity contribution < 1.29 is 9.13 Å². The summed E-state index contributed by atoms with van der Waals surface area (Å²) in [6.45, 7) is 1.91. The van der Waals surface area contributed by atoms with Gasteiger partial charge in [-0.15, -0.1) is 0 Å². The topological polar surface area (TPSA) is 34.1 Å². The summed E-state index contributed by atoms with van der Waals surface area (Å²) in [7, 11) is 1.59. The molecule has 1 atom stereocenters. The molecule has 5 heteroatoms. The second kappa shape index (κ2) is 5.89. The summed E-state index contributed by atoms with van der Waals surface area (Å²) in [6, 6.07) is 6.63. The van der Waals surface area contributed by atoms with E-state index in [0.717, 1.165) is 11.3 Å². The molecule has 0 saturated heterocycles. The monoisotopic (exact) mass is 280 g/mol. The van der Waals surface area contributed by atoms with E-state index in [0.29, 0.717) is 10.8 Å². The summed E-state index contributed by atoms with van der Waals surface area (Å²) >= 11 is 5.96. The Morgan fingerprint density at radius 1 is 1.32 bits per heavy atom. The second-order valence-electron chi connectivity index (χ2n) is 4.15. The van der Waals surface area contributed by atoms with Crippen LogP contribution in [0, 0.1) is 5.82 Å². The van der Waals surface area contributed by atoms with Gasteiger partial charge >= 0.3 is 0 Å². The largest absolute Gasteiger partial charge is 0.495 e. The summed E-state index contributed by atoms with van der Waals surface area (Å²) in [5.41, 5.74) is 1.51. The van der Waals surface area contributed by atoms with E-state index < -0.39 is 0 Å². The van der Waals surface area contributed by atoms with Crippen LogP contribution >= 0.6 is 11.6 Å². The Labute approximate surface area is 116 Å². The van der Waals surface area contributed by atoms with Gasteiger partial charge in [0.2, 0.25) is 0 Å². The molecule has 1 unspecified atom stereocenters. The summed E-state index contributed by atoms with van der Waals surface area (Å²) in [6.07, 6.45) is 2.80. The molecule has 0 amide bonds. The fourth-order valence-corrected chi connectivity index (χ4v) is 1.95. The minimum atomic E-state index is -0.357. The molecule has 2 rings (SSSR count). The Kier molecular flexibility index (Phi) is 4.22. The number of rotatable bonds is 4. The minimum Gasteiger partial charge on any atom is -0.495 e. The third kappa shape index (κ3) is 3.35. The van der Waals surface area contributed by atoms with Crippen molar-refractivity contribution in [3.8, 4) is 5.75 Å². The number of methoxy groups -OCH3 is 1. The van der Waals surface area contributed by atoms with Crippen molar-refractivity contribution in [3.63, 3.8) is 0 Å². The lowest BCUT2D eigenvalue weighted by molar-refractivity contribution is 0.416. The fourth-order valence-electron chi connectivity index (χ4n) is 1.77. The fraction of sp³-hybridized carbons (Fsp3) is 0.214. The summed E-state index contributed by atoms with van der Waals surface area (Å²) < 4.78 is 18.4. The van der Waals surface area contributed by atoms with Gasteiger partial charge in [0.1, 0.15) is 11.6 Å². The molecule has 3 nitrogen and oxygen atoms in total. The van der Waals surface area contributed by atoms with E-state index in [1.165, 1.54) is 12.3 Å². The molecule has 1 N–H and O–H groups in total. The van der Waals surface area contributed by atoms with Crippen molar-refractivity contribution >= 4 is 17.3 Å². The zero-order valence-corrected chi connectivity index (χ0v) is 11.4. The van der Waals surface area contributed by atoms with Crippen molar-refractivity contribution in [1.29, 1.82) is 0 Å². The maximum atomic E-state index is 13.1. The molecule has 19 heavy (non-hydrogen) atoms. The number of hydrogen-bond acceptors (Lipinski definition) is 3. The van der Waals surface area contributed by atoms with Gasteiger partial charge in [0.15, 0.2) is 0 Å². The average molecular weight is 281 g/mol. The molecule has 0 aliphatic rings. The lowest BCUT2D eigenvalue weighted by atomic mass is 10.1. The van der Waals surface area contributed by atoms with Crippen molar-refractivity contribution in [1.82, 2.24) is 4.98 Å². The zero-order valence-electron chi connectivity index (χ0n) is 10.7. The zero-order chi connectivity index (χ0) is 13.8. The number of nitrogens with zero attached hydrogens (tertiary/aromatic N) is 1. The molecule has 0 radical (unpaired) electrons. The summed E-state index contributed by atoms with van der Waals surface area (Å²) in [5.74, 6) is 0.324. The van der Waals surface area contributed by atoms with Crippen LogP contribution in [0.15, 0.2) is 36.7 Å². The molecule has 1 aromatic carbocycles. The maximum Gasteiger partial charge on any atom is 0.142 e. The van der Waals surface area contributed by atoms with Crippen LogP contribution < -0.4 is 10.1 Å². The number of benzene rings is 1. The van der Waals surface area contributed by atoms with Gasteiger partial charge in [0.05, 0.1) is 25.0 Å². The second-order valence-corrected chi connectivity index (χ2v) is 4.58. The molecule has 0 fully saturated rings. The number of aromatic nitrogens is 1. The molecule has 0 saturated carbocycles. The van der Waals surface area contributed by atoms with Crippen molar-refractivity contribution in [2.24, 2.45) is 0 Å². The third-order valence-electron chi connectivity index (χ3n) is 2.76. The molecule has 2 aromatic rings. The van der Waals surface area contributed by atoms with E-state index in [4.69, 9.17) is 16.3 Å². The lowest BCUT2D eigenvalue weighted by Crippen LogP contribution is -2.08. The lowest BCUT2D eigenvalue weighted by Gasteiger charge is -2.18. The standard InChI is InChI=1S/C14H14ClFN2O/c1-9(10-5-12(16)8-17-7-10)18-13-6-11(15)3-4-14(13)19-2/h3-9,18H,1-2H3. The Bertz CT molecular complexity index is 577. The van der Waals surface area contributed by atoms with Crippen LogP contribution in [0.2, 0.25) is 5.02 Å². The molecular formula is C14H14ClFN2O. The quantitative estimate of drug-likeness (QED) is 0.917. The molecule has 1 aromatic heterocycles. The van der Waals surface area contributed by atoms with Crippen molar-refractivity contribution in [2.45, 2.75) is 13.0 Å². The highest BCUT2D eigenvalue weighted by atomic mass is 35.5. The molecular weight excluding hydrogens is 267 g/mol. The molecule has 0 spiro atoms. The highest BCUT2D eigenvalue weighted by Crippen LogP contribution is 2.30. The van der Waals surface area contributed by atoms with E-state index in [2.05, 4.69) is 10.3 Å². The first-order valence-corrected chi connectivity index (χ1v) is 6.18. The Balaban J connectivity index is 2.23. The van der Waals surface area contributed by atoms with Gasteiger partial charge in [-0.3, -0.25) is 4.98 Å². The van der Waals surface area contributed by atoms with Crippen LogP contribution in [0.3, 0.4) is 0 Å². The van der Waals surface area contributed by atoms with Gasteiger partial charge in [-0.05, 0) is 36.8 Å². The molecule has 0 aliphatic heterocycles. The van der Waals surface area contributed by atoms with Crippen molar-refractivity contribution in [3.05, 3.63) is 53.1 Å². The van der Waals surface area contributed by atoms with Crippen LogP contribution in [0.25, 0.3) is 0 Å².